The van der Waals surface area contributed by atoms with Crippen molar-refractivity contribution < 1.29 is 9.53 Å². The Morgan fingerprint density at radius 2 is 1.76 bits per heavy atom. The van der Waals surface area contributed by atoms with Crippen LogP contribution in [0.2, 0.25) is 0 Å². The molecular weight excluding hydrogens is 501 g/mol. The van der Waals surface area contributed by atoms with E-state index in [2.05, 4.69) is 40.7 Å². The summed E-state index contributed by atoms with van der Waals surface area (Å²) in [6.07, 6.45) is 16.4. The molecule has 4 aliphatic carbocycles. The van der Waals surface area contributed by atoms with Gasteiger partial charge in [-0.25, -0.2) is 4.79 Å². The number of fused-ring (bicyclic) bond motifs is 5. The van der Waals surface area contributed by atoms with Crippen molar-refractivity contribution in [2.24, 2.45) is 46.3 Å². The molecule has 0 aromatic heterocycles. The average Bonchev–Trinajstić information content (AvgIpc) is 3.21. The van der Waals surface area contributed by atoms with Gasteiger partial charge in [0.15, 0.2) is 0 Å². The predicted molar refractivity (Wildman–Crippen MR) is 156 cm³/mol. The number of alkyl halides is 2. The van der Waals surface area contributed by atoms with Crippen LogP contribution in [0.25, 0.3) is 0 Å². The van der Waals surface area contributed by atoms with E-state index in [9.17, 15) is 4.79 Å². The average molecular weight is 555 g/mol. The number of nitrogens with zero attached hydrogens (tertiary/aromatic N) is 1. The molecule has 0 heterocycles. The highest BCUT2D eigenvalue weighted by Gasteiger charge is 2.59. The van der Waals surface area contributed by atoms with E-state index in [0.717, 1.165) is 54.8 Å². The lowest BCUT2D eigenvalue weighted by Gasteiger charge is -2.58. The molecule has 0 radical (unpaired) electrons. The van der Waals surface area contributed by atoms with Gasteiger partial charge < -0.3 is 9.64 Å². The second-order valence-electron chi connectivity index (χ2n) is 13.9. The molecule has 0 bridgehead atoms. The van der Waals surface area contributed by atoms with Gasteiger partial charge in [0.25, 0.3) is 0 Å². The minimum atomic E-state index is -0.253. The Hall–Kier alpha value is -0.410. The number of allylic oxidation sites excluding steroid dienone is 1. The molecule has 212 valence electrons. The summed E-state index contributed by atoms with van der Waals surface area (Å²) in [6.45, 7) is 13.5. The number of halogens is 2. The van der Waals surface area contributed by atoms with Crippen LogP contribution in [0.15, 0.2) is 11.6 Å². The fourth-order valence-corrected chi connectivity index (χ4v) is 9.88. The molecule has 0 aromatic rings. The van der Waals surface area contributed by atoms with Gasteiger partial charge in [-0.3, -0.25) is 0 Å². The molecule has 0 spiro atoms. The Labute approximate surface area is 237 Å². The molecule has 4 aliphatic rings. The lowest BCUT2D eigenvalue weighted by Crippen LogP contribution is -2.51. The highest BCUT2D eigenvalue weighted by molar-refractivity contribution is 6.18. The van der Waals surface area contributed by atoms with E-state index >= 15 is 0 Å². The molecule has 3 nitrogen and oxygen atoms in total. The van der Waals surface area contributed by atoms with Gasteiger partial charge >= 0.3 is 6.09 Å². The molecular formula is C32H53Cl2NO2. The smallest absolute Gasteiger partial charge is 0.410 e. The lowest BCUT2D eigenvalue weighted by molar-refractivity contribution is -0.0592. The molecule has 0 N–H and O–H groups in total. The second kappa shape index (κ2) is 12.4. The number of rotatable bonds is 10. The monoisotopic (exact) mass is 553 g/mol. The Morgan fingerprint density at radius 1 is 1.03 bits per heavy atom. The van der Waals surface area contributed by atoms with Crippen LogP contribution in [0, 0.1) is 46.3 Å². The first-order valence-corrected chi connectivity index (χ1v) is 16.5. The highest BCUT2D eigenvalue weighted by atomic mass is 35.5. The van der Waals surface area contributed by atoms with E-state index < -0.39 is 0 Å². The molecule has 0 aliphatic heterocycles. The summed E-state index contributed by atoms with van der Waals surface area (Å²) in [5.41, 5.74) is 2.38. The van der Waals surface area contributed by atoms with Crippen LogP contribution < -0.4 is 0 Å². The van der Waals surface area contributed by atoms with Crippen molar-refractivity contribution in [3.8, 4) is 0 Å². The maximum atomic E-state index is 12.8. The summed E-state index contributed by atoms with van der Waals surface area (Å²) in [5.74, 6) is 5.91. The SMILES string of the molecule is CC(C)CCCC(C)C1CCC2C3CC=C4CC(OC(=O)N(CCCl)CCCl)CCC4(C)C3CCC12C. The molecule has 3 saturated carbocycles. The minimum absolute atomic E-state index is 0.0204. The zero-order chi connectivity index (χ0) is 26.8. The molecule has 8 unspecified atom stereocenters. The molecule has 8 atom stereocenters. The highest BCUT2D eigenvalue weighted by Crippen LogP contribution is 2.67. The zero-order valence-corrected chi connectivity index (χ0v) is 25.8. The molecule has 0 saturated heterocycles. The summed E-state index contributed by atoms with van der Waals surface area (Å²) >= 11 is 11.8. The Kier molecular flexibility index (Phi) is 9.91. The predicted octanol–water partition coefficient (Wildman–Crippen LogP) is 9.31. The van der Waals surface area contributed by atoms with Gasteiger partial charge in [0.1, 0.15) is 6.10 Å². The molecule has 4 rings (SSSR count). The van der Waals surface area contributed by atoms with Crippen molar-refractivity contribution in [1.29, 1.82) is 0 Å². The number of amides is 1. The summed E-state index contributed by atoms with van der Waals surface area (Å²) in [7, 11) is 0. The topological polar surface area (TPSA) is 29.5 Å². The van der Waals surface area contributed by atoms with E-state index in [1.54, 1.807) is 10.5 Å². The zero-order valence-electron chi connectivity index (χ0n) is 24.2. The minimum Gasteiger partial charge on any atom is -0.446 e. The maximum Gasteiger partial charge on any atom is 0.410 e. The van der Waals surface area contributed by atoms with E-state index in [1.165, 1.54) is 51.4 Å². The van der Waals surface area contributed by atoms with Crippen molar-refractivity contribution in [2.45, 2.75) is 111 Å². The van der Waals surface area contributed by atoms with Crippen LogP contribution in [-0.2, 0) is 4.74 Å². The van der Waals surface area contributed by atoms with Crippen molar-refractivity contribution in [3.05, 3.63) is 11.6 Å². The largest absolute Gasteiger partial charge is 0.446 e. The second-order valence-corrected chi connectivity index (χ2v) is 14.7. The lowest BCUT2D eigenvalue weighted by atomic mass is 9.47. The van der Waals surface area contributed by atoms with Crippen LogP contribution in [0.1, 0.15) is 105 Å². The number of carbonyl (C=O) groups is 1. The number of ether oxygens (including phenoxy) is 1. The Bertz CT molecular complexity index is 809. The first kappa shape index (κ1) is 29.6. The van der Waals surface area contributed by atoms with Crippen LogP contribution in [0.3, 0.4) is 0 Å². The summed E-state index contributed by atoms with van der Waals surface area (Å²) in [6, 6.07) is 0. The first-order chi connectivity index (χ1) is 17.6. The van der Waals surface area contributed by atoms with Gasteiger partial charge in [0.2, 0.25) is 0 Å². The van der Waals surface area contributed by atoms with Crippen molar-refractivity contribution in [1.82, 2.24) is 4.90 Å². The van der Waals surface area contributed by atoms with Gasteiger partial charge in [-0.15, -0.1) is 23.2 Å². The van der Waals surface area contributed by atoms with Gasteiger partial charge in [-0.2, -0.15) is 0 Å². The van der Waals surface area contributed by atoms with Crippen LogP contribution >= 0.6 is 23.2 Å². The first-order valence-electron chi connectivity index (χ1n) is 15.4. The Morgan fingerprint density at radius 3 is 2.43 bits per heavy atom. The van der Waals surface area contributed by atoms with Crippen LogP contribution in [0.5, 0.6) is 0 Å². The molecule has 37 heavy (non-hydrogen) atoms. The van der Waals surface area contributed by atoms with E-state index in [1.807, 2.05) is 0 Å². The number of hydrogen-bond acceptors (Lipinski definition) is 2. The van der Waals surface area contributed by atoms with E-state index in [4.69, 9.17) is 27.9 Å². The molecule has 5 heteroatoms. The van der Waals surface area contributed by atoms with Gasteiger partial charge in [-0.1, -0.05) is 65.5 Å². The van der Waals surface area contributed by atoms with Crippen molar-refractivity contribution in [3.63, 3.8) is 0 Å². The Balaban J connectivity index is 1.41. The molecule has 1 amide bonds. The fraction of sp³-hybridized carbons (Fsp3) is 0.906. The molecule has 3 fully saturated rings. The van der Waals surface area contributed by atoms with E-state index in [-0.39, 0.29) is 17.6 Å². The standard InChI is InChI=1S/C32H53Cl2NO2/c1-22(2)7-6-8-23(3)27-11-12-28-26-10-9-24-21-25(37-30(36)35(19-17-33)20-18-34)13-15-31(24,4)29(26)14-16-32(27,28)5/h9,22-23,25-29H,6-8,10-21H2,1-5H3. The van der Waals surface area contributed by atoms with Crippen LogP contribution in [0.4, 0.5) is 4.79 Å². The third-order valence-electron chi connectivity index (χ3n) is 11.5. The van der Waals surface area contributed by atoms with Gasteiger partial charge in [0, 0.05) is 31.3 Å². The molecule has 0 aromatic carbocycles. The third-order valence-corrected chi connectivity index (χ3v) is 11.8. The van der Waals surface area contributed by atoms with Gasteiger partial charge in [0.05, 0.1) is 0 Å². The third kappa shape index (κ3) is 6.03. The fourth-order valence-electron chi connectivity index (χ4n) is 9.47. The summed E-state index contributed by atoms with van der Waals surface area (Å²) in [5, 5.41) is 0. The van der Waals surface area contributed by atoms with Crippen LogP contribution in [-0.4, -0.2) is 41.9 Å². The number of hydrogen-bond donors (Lipinski definition) is 0. The summed E-state index contributed by atoms with van der Waals surface area (Å²) < 4.78 is 5.99. The van der Waals surface area contributed by atoms with Crippen molar-refractivity contribution in [2.75, 3.05) is 24.8 Å². The quantitative estimate of drug-likeness (QED) is 0.199. The number of carbonyl (C=O) groups excluding carboxylic acids is 1. The van der Waals surface area contributed by atoms with Crippen molar-refractivity contribution >= 4 is 29.3 Å². The summed E-state index contributed by atoms with van der Waals surface area (Å²) in [4.78, 5) is 14.4. The van der Waals surface area contributed by atoms with Gasteiger partial charge in [-0.05, 0) is 91.3 Å². The normalized spacial score (nSPS) is 37.8. The van der Waals surface area contributed by atoms with E-state index in [0.29, 0.717) is 30.3 Å². The maximum absolute atomic E-state index is 12.8.